The molecule has 7 heteroatoms. The van der Waals surface area contributed by atoms with E-state index in [2.05, 4.69) is 38.6 Å². The van der Waals surface area contributed by atoms with Crippen LogP contribution in [0.2, 0.25) is 0 Å². The molecule has 3 heterocycles. The normalized spacial score (nSPS) is 11.2. The van der Waals surface area contributed by atoms with Crippen molar-refractivity contribution in [2.45, 2.75) is 0 Å². The fourth-order valence-electron chi connectivity index (χ4n) is 3.35. The van der Waals surface area contributed by atoms with Crippen LogP contribution in [0.1, 0.15) is 0 Å². The van der Waals surface area contributed by atoms with Crippen LogP contribution in [-0.2, 0) is 0 Å². The number of H-pyrrole nitrogens is 1. The second-order valence-electron chi connectivity index (χ2n) is 6.41. The van der Waals surface area contributed by atoms with Crippen molar-refractivity contribution in [2.75, 3.05) is 14.2 Å². The Morgan fingerprint density at radius 1 is 0.821 bits per heavy atom. The number of benzene rings is 2. The predicted molar refractivity (Wildman–Crippen MR) is 107 cm³/mol. The van der Waals surface area contributed by atoms with Gasteiger partial charge in [0.1, 0.15) is 0 Å². The molecule has 0 unspecified atom stereocenters. The van der Waals surface area contributed by atoms with Crippen LogP contribution in [0.5, 0.6) is 11.5 Å². The summed E-state index contributed by atoms with van der Waals surface area (Å²) in [5.41, 5.74) is 4.82. The van der Waals surface area contributed by atoms with Gasteiger partial charge in [0, 0.05) is 17.1 Å². The molecule has 0 saturated carbocycles. The second-order valence-corrected chi connectivity index (χ2v) is 6.41. The van der Waals surface area contributed by atoms with Gasteiger partial charge in [-0.1, -0.05) is 12.1 Å². The number of pyridine rings is 1. The molecule has 5 rings (SSSR count). The van der Waals surface area contributed by atoms with Gasteiger partial charge < -0.3 is 9.47 Å². The third-order valence-electron chi connectivity index (χ3n) is 4.82. The Bertz CT molecular complexity index is 1300. The van der Waals surface area contributed by atoms with Gasteiger partial charge in [-0.2, -0.15) is 5.10 Å². The number of rotatable bonds is 4. The van der Waals surface area contributed by atoms with Gasteiger partial charge in [0.05, 0.1) is 25.9 Å². The van der Waals surface area contributed by atoms with E-state index in [-0.39, 0.29) is 0 Å². The Labute approximate surface area is 160 Å². The van der Waals surface area contributed by atoms with Crippen molar-refractivity contribution < 1.29 is 9.47 Å². The van der Waals surface area contributed by atoms with Crippen molar-refractivity contribution in [1.82, 2.24) is 24.8 Å². The zero-order valence-electron chi connectivity index (χ0n) is 15.4. The van der Waals surface area contributed by atoms with Gasteiger partial charge in [0.25, 0.3) is 0 Å². The van der Waals surface area contributed by atoms with E-state index in [0.717, 1.165) is 39.1 Å². The molecule has 0 spiro atoms. The van der Waals surface area contributed by atoms with Gasteiger partial charge in [-0.05, 0) is 47.5 Å². The average molecular weight is 371 g/mol. The number of hydrogen-bond donors (Lipinski definition) is 1. The zero-order chi connectivity index (χ0) is 19.1. The summed E-state index contributed by atoms with van der Waals surface area (Å²) in [6.07, 6.45) is 3.86. The third-order valence-corrected chi connectivity index (χ3v) is 4.82. The second kappa shape index (κ2) is 6.38. The number of methoxy groups -OCH3 is 2. The quantitative estimate of drug-likeness (QED) is 0.517. The van der Waals surface area contributed by atoms with Gasteiger partial charge in [-0.3, -0.25) is 9.50 Å². The van der Waals surface area contributed by atoms with Gasteiger partial charge >= 0.3 is 0 Å². The summed E-state index contributed by atoms with van der Waals surface area (Å²) in [4.78, 5) is 0. The lowest BCUT2D eigenvalue weighted by molar-refractivity contribution is 0.355. The first kappa shape index (κ1) is 16.3. The zero-order valence-corrected chi connectivity index (χ0v) is 15.4. The van der Waals surface area contributed by atoms with Crippen LogP contribution >= 0.6 is 0 Å². The molecular formula is C21H17N5O2. The first-order valence-corrected chi connectivity index (χ1v) is 8.77. The average Bonchev–Trinajstić information content (AvgIpc) is 3.38. The molecule has 28 heavy (non-hydrogen) atoms. The number of ether oxygens (including phenoxy) is 2. The smallest absolute Gasteiger partial charge is 0.168 e. The van der Waals surface area contributed by atoms with Crippen LogP contribution in [0.3, 0.4) is 0 Å². The summed E-state index contributed by atoms with van der Waals surface area (Å²) < 4.78 is 12.7. The van der Waals surface area contributed by atoms with Crippen LogP contribution in [0.25, 0.3) is 39.1 Å². The van der Waals surface area contributed by atoms with Gasteiger partial charge in [0.2, 0.25) is 0 Å². The first-order chi connectivity index (χ1) is 13.8. The Morgan fingerprint density at radius 3 is 2.50 bits per heavy atom. The minimum Gasteiger partial charge on any atom is -0.493 e. The van der Waals surface area contributed by atoms with Crippen LogP contribution in [0.15, 0.2) is 60.9 Å². The molecule has 0 saturated heterocycles. The van der Waals surface area contributed by atoms with Crippen molar-refractivity contribution in [3.8, 4) is 34.0 Å². The van der Waals surface area contributed by atoms with E-state index in [1.165, 1.54) is 0 Å². The van der Waals surface area contributed by atoms with E-state index in [1.807, 2.05) is 47.1 Å². The summed E-state index contributed by atoms with van der Waals surface area (Å²) >= 11 is 0. The van der Waals surface area contributed by atoms with Crippen LogP contribution in [0, 0.1) is 0 Å². The molecule has 0 atom stereocenters. The molecule has 5 aromatic rings. The van der Waals surface area contributed by atoms with Gasteiger partial charge in [0.15, 0.2) is 23.0 Å². The van der Waals surface area contributed by atoms with Crippen LogP contribution < -0.4 is 9.47 Å². The highest BCUT2D eigenvalue weighted by Crippen LogP contribution is 2.32. The summed E-state index contributed by atoms with van der Waals surface area (Å²) in [5, 5.41) is 16.9. The van der Waals surface area contributed by atoms with Crippen molar-refractivity contribution >= 4 is 16.6 Å². The largest absolute Gasteiger partial charge is 0.493 e. The molecular weight excluding hydrogens is 354 g/mol. The summed E-state index contributed by atoms with van der Waals surface area (Å²) in [5.74, 6) is 2.06. The number of hydrogen-bond acceptors (Lipinski definition) is 5. The first-order valence-electron chi connectivity index (χ1n) is 8.77. The Hall–Kier alpha value is -3.87. The standard InChI is InChI=1S/C21H17N5O2/c1-27-18-7-5-14(10-19(18)28-2)21-25-24-20-8-6-16(12-26(20)21)13-3-4-15-11-22-23-17(15)9-13/h3-12H,1-2H3,(H,22,23). The van der Waals surface area contributed by atoms with E-state index in [4.69, 9.17) is 9.47 Å². The molecule has 7 nitrogen and oxygen atoms in total. The summed E-state index contributed by atoms with van der Waals surface area (Å²) in [6.45, 7) is 0. The number of nitrogens with zero attached hydrogens (tertiary/aromatic N) is 4. The van der Waals surface area contributed by atoms with E-state index < -0.39 is 0 Å². The number of aromatic amines is 1. The fraction of sp³-hybridized carbons (Fsp3) is 0.0952. The molecule has 138 valence electrons. The highest BCUT2D eigenvalue weighted by atomic mass is 16.5. The van der Waals surface area contributed by atoms with Crippen molar-refractivity contribution in [2.24, 2.45) is 0 Å². The Kier molecular flexibility index (Phi) is 3.72. The molecule has 0 bridgehead atoms. The molecule has 3 aromatic heterocycles. The fourth-order valence-corrected chi connectivity index (χ4v) is 3.35. The topological polar surface area (TPSA) is 77.3 Å². The highest BCUT2D eigenvalue weighted by Gasteiger charge is 2.13. The van der Waals surface area contributed by atoms with Crippen LogP contribution in [-0.4, -0.2) is 39.0 Å². The highest BCUT2D eigenvalue weighted by molar-refractivity contribution is 5.84. The maximum atomic E-state index is 5.42. The van der Waals surface area contributed by atoms with Crippen LogP contribution in [0.4, 0.5) is 0 Å². The SMILES string of the molecule is COc1ccc(-c2nnc3ccc(-c4ccc5cn[nH]c5c4)cn23)cc1OC. The Balaban J connectivity index is 1.64. The minimum absolute atomic E-state index is 0.651. The lowest BCUT2D eigenvalue weighted by Crippen LogP contribution is -1.94. The molecule has 0 aliphatic rings. The number of fused-ring (bicyclic) bond motifs is 2. The van der Waals surface area contributed by atoms with E-state index >= 15 is 0 Å². The summed E-state index contributed by atoms with van der Waals surface area (Å²) in [7, 11) is 3.24. The number of aromatic nitrogens is 5. The maximum absolute atomic E-state index is 5.42. The monoisotopic (exact) mass is 371 g/mol. The lowest BCUT2D eigenvalue weighted by Gasteiger charge is -2.09. The number of nitrogens with one attached hydrogen (secondary N) is 1. The van der Waals surface area contributed by atoms with Gasteiger partial charge in [-0.25, -0.2) is 0 Å². The molecule has 1 N–H and O–H groups in total. The van der Waals surface area contributed by atoms with Crippen molar-refractivity contribution in [1.29, 1.82) is 0 Å². The molecule has 0 fully saturated rings. The molecule has 0 amide bonds. The molecule has 0 aliphatic heterocycles. The molecule has 2 aromatic carbocycles. The summed E-state index contributed by atoms with van der Waals surface area (Å²) in [6, 6.07) is 15.9. The lowest BCUT2D eigenvalue weighted by atomic mass is 10.1. The predicted octanol–water partition coefficient (Wildman–Crippen LogP) is 3.96. The maximum Gasteiger partial charge on any atom is 0.168 e. The molecule has 0 aliphatic carbocycles. The van der Waals surface area contributed by atoms with Gasteiger partial charge in [-0.15, -0.1) is 10.2 Å². The minimum atomic E-state index is 0.651. The van der Waals surface area contributed by atoms with Crippen molar-refractivity contribution in [3.63, 3.8) is 0 Å². The van der Waals surface area contributed by atoms with E-state index in [0.29, 0.717) is 11.5 Å². The van der Waals surface area contributed by atoms with E-state index in [1.54, 1.807) is 14.2 Å². The third kappa shape index (κ3) is 2.56. The Morgan fingerprint density at radius 2 is 1.64 bits per heavy atom. The van der Waals surface area contributed by atoms with E-state index in [9.17, 15) is 0 Å². The molecule has 0 radical (unpaired) electrons. The van der Waals surface area contributed by atoms with Crippen molar-refractivity contribution in [3.05, 3.63) is 60.9 Å².